The first-order chi connectivity index (χ1) is 7.49. The maximum absolute atomic E-state index is 10.4. The van der Waals surface area contributed by atoms with Crippen LogP contribution in [0.5, 0.6) is 0 Å². The van der Waals surface area contributed by atoms with Crippen LogP contribution in [-0.4, -0.2) is 34.5 Å². The number of rotatable bonds is 5. The number of carboxylic acid groups (broad SMARTS) is 1. The molecule has 1 rings (SSSR count). The fourth-order valence-electron chi connectivity index (χ4n) is 1.32. The highest BCUT2D eigenvalue weighted by Crippen LogP contribution is 2.12. The Hall–Kier alpha value is -1.95. The van der Waals surface area contributed by atoms with Gasteiger partial charge in [0.1, 0.15) is 0 Å². The van der Waals surface area contributed by atoms with E-state index < -0.39 is 10.9 Å². The van der Waals surface area contributed by atoms with Crippen LogP contribution < -0.4 is 0 Å². The number of aliphatic carboxylic acids is 1. The average molecular weight is 224 g/mol. The first-order valence-electron chi connectivity index (χ1n) is 4.62. The molecule has 1 N–H and O–H groups in total. The van der Waals surface area contributed by atoms with E-state index in [2.05, 4.69) is 0 Å². The van der Waals surface area contributed by atoms with E-state index in [1.54, 1.807) is 24.1 Å². The number of nitrogens with zero attached hydrogens (tertiary/aromatic N) is 2. The highest BCUT2D eigenvalue weighted by Gasteiger charge is 2.07. The lowest BCUT2D eigenvalue weighted by molar-refractivity contribution is -0.384. The van der Waals surface area contributed by atoms with Crippen molar-refractivity contribution in [3.05, 3.63) is 39.9 Å². The summed E-state index contributed by atoms with van der Waals surface area (Å²) in [6, 6.07) is 6.06. The van der Waals surface area contributed by atoms with Crippen LogP contribution in [0.2, 0.25) is 0 Å². The molecule has 0 aliphatic heterocycles. The number of non-ortho nitro benzene ring substituents is 1. The molecular weight excluding hydrogens is 212 g/mol. The van der Waals surface area contributed by atoms with Crippen molar-refractivity contribution in [1.82, 2.24) is 4.90 Å². The number of carbonyl (C=O) groups is 1. The van der Waals surface area contributed by atoms with Crippen LogP contribution in [0, 0.1) is 10.1 Å². The minimum Gasteiger partial charge on any atom is -0.480 e. The molecule has 0 spiro atoms. The predicted octanol–water partition coefficient (Wildman–Crippen LogP) is 1.11. The molecule has 6 heteroatoms. The SMILES string of the molecule is CN(CC(=O)O)Cc1ccc([N+](=O)[O-])cc1. The third kappa shape index (κ3) is 3.66. The van der Waals surface area contributed by atoms with Crippen molar-refractivity contribution in [2.75, 3.05) is 13.6 Å². The molecule has 0 atom stereocenters. The molecule has 0 saturated heterocycles. The molecule has 0 fully saturated rings. The Morgan fingerprint density at radius 2 is 2.00 bits per heavy atom. The van der Waals surface area contributed by atoms with Crippen LogP contribution in [0.15, 0.2) is 24.3 Å². The molecule has 0 heterocycles. The summed E-state index contributed by atoms with van der Waals surface area (Å²) >= 11 is 0. The topological polar surface area (TPSA) is 83.7 Å². The first-order valence-corrected chi connectivity index (χ1v) is 4.62. The second-order valence-corrected chi connectivity index (χ2v) is 3.49. The lowest BCUT2D eigenvalue weighted by Gasteiger charge is -2.13. The zero-order valence-electron chi connectivity index (χ0n) is 8.79. The van der Waals surface area contributed by atoms with Crippen molar-refractivity contribution < 1.29 is 14.8 Å². The zero-order valence-corrected chi connectivity index (χ0v) is 8.79. The van der Waals surface area contributed by atoms with Gasteiger partial charge in [0.05, 0.1) is 11.5 Å². The van der Waals surface area contributed by atoms with Crippen molar-refractivity contribution >= 4 is 11.7 Å². The van der Waals surface area contributed by atoms with Crippen LogP contribution in [0.25, 0.3) is 0 Å². The van der Waals surface area contributed by atoms with E-state index in [-0.39, 0.29) is 12.2 Å². The second kappa shape index (κ2) is 5.22. The standard InChI is InChI=1S/C10H12N2O4/c1-11(7-10(13)14)6-8-2-4-9(5-3-8)12(15)16/h2-5H,6-7H2,1H3,(H,13,14). The van der Waals surface area contributed by atoms with Crippen LogP contribution >= 0.6 is 0 Å². The smallest absolute Gasteiger partial charge is 0.317 e. The third-order valence-electron chi connectivity index (χ3n) is 2.00. The molecule has 0 amide bonds. The Kier molecular flexibility index (Phi) is 3.96. The van der Waals surface area contributed by atoms with Gasteiger partial charge in [0.2, 0.25) is 0 Å². The highest BCUT2D eigenvalue weighted by atomic mass is 16.6. The predicted molar refractivity (Wildman–Crippen MR) is 57.1 cm³/mol. The third-order valence-corrected chi connectivity index (χ3v) is 2.00. The van der Waals surface area contributed by atoms with Gasteiger partial charge in [0.25, 0.3) is 5.69 Å². The van der Waals surface area contributed by atoms with Gasteiger partial charge in [-0.3, -0.25) is 19.8 Å². The molecule has 0 aromatic heterocycles. The van der Waals surface area contributed by atoms with Gasteiger partial charge in [-0.1, -0.05) is 12.1 Å². The van der Waals surface area contributed by atoms with E-state index in [1.165, 1.54) is 12.1 Å². The van der Waals surface area contributed by atoms with Crippen LogP contribution in [0.3, 0.4) is 0 Å². The minimum absolute atomic E-state index is 0.0321. The van der Waals surface area contributed by atoms with Gasteiger partial charge in [-0.05, 0) is 12.6 Å². The number of nitro groups is 1. The van der Waals surface area contributed by atoms with E-state index in [0.717, 1.165) is 5.56 Å². The summed E-state index contributed by atoms with van der Waals surface area (Å²) < 4.78 is 0. The van der Waals surface area contributed by atoms with Gasteiger partial charge in [0.15, 0.2) is 0 Å². The molecule has 0 aliphatic carbocycles. The molecule has 0 radical (unpaired) electrons. The summed E-state index contributed by atoms with van der Waals surface area (Å²) in [6.07, 6.45) is 0. The molecule has 1 aromatic carbocycles. The van der Waals surface area contributed by atoms with Crippen molar-refractivity contribution in [2.24, 2.45) is 0 Å². The Morgan fingerprint density at radius 3 is 2.44 bits per heavy atom. The summed E-state index contributed by atoms with van der Waals surface area (Å²) in [7, 11) is 1.68. The number of hydrogen-bond donors (Lipinski definition) is 1. The van der Waals surface area contributed by atoms with Gasteiger partial charge < -0.3 is 5.11 Å². The first kappa shape index (κ1) is 12.1. The summed E-state index contributed by atoms with van der Waals surface area (Å²) in [5.74, 6) is -0.899. The van der Waals surface area contributed by atoms with E-state index in [4.69, 9.17) is 5.11 Å². The largest absolute Gasteiger partial charge is 0.480 e. The second-order valence-electron chi connectivity index (χ2n) is 3.49. The van der Waals surface area contributed by atoms with Gasteiger partial charge in [0, 0.05) is 18.7 Å². The van der Waals surface area contributed by atoms with Crippen LogP contribution in [0.1, 0.15) is 5.56 Å². The van der Waals surface area contributed by atoms with E-state index >= 15 is 0 Å². The van der Waals surface area contributed by atoms with Crippen LogP contribution in [0.4, 0.5) is 5.69 Å². The normalized spacial score (nSPS) is 10.4. The van der Waals surface area contributed by atoms with Crippen molar-refractivity contribution in [3.8, 4) is 0 Å². The number of likely N-dealkylation sites (N-methyl/N-ethyl adjacent to an activating group) is 1. The Labute approximate surface area is 92.3 Å². The quantitative estimate of drug-likeness (QED) is 0.598. The average Bonchev–Trinajstić information content (AvgIpc) is 2.16. The summed E-state index contributed by atoms with van der Waals surface area (Å²) in [4.78, 5) is 22.0. The fourth-order valence-corrected chi connectivity index (χ4v) is 1.32. The Morgan fingerprint density at radius 1 is 1.44 bits per heavy atom. The van der Waals surface area contributed by atoms with Crippen molar-refractivity contribution in [3.63, 3.8) is 0 Å². The van der Waals surface area contributed by atoms with Crippen molar-refractivity contribution in [2.45, 2.75) is 6.54 Å². The molecule has 0 unspecified atom stereocenters. The summed E-state index contributed by atoms with van der Waals surface area (Å²) in [6.45, 7) is 0.390. The molecule has 0 saturated carbocycles. The number of nitro benzene ring substituents is 1. The monoisotopic (exact) mass is 224 g/mol. The molecule has 1 aromatic rings. The molecule has 16 heavy (non-hydrogen) atoms. The molecular formula is C10H12N2O4. The van der Waals surface area contributed by atoms with Gasteiger partial charge in [-0.15, -0.1) is 0 Å². The molecule has 0 bridgehead atoms. The fraction of sp³-hybridized carbons (Fsp3) is 0.300. The molecule has 6 nitrogen and oxygen atoms in total. The Balaban J connectivity index is 2.61. The highest BCUT2D eigenvalue weighted by molar-refractivity contribution is 5.69. The van der Waals surface area contributed by atoms with Gasteiger partial charge >= 0.3 is 5.97 Å². The zero-order chi connectivity index (χ0) is 12.1. The van der Waals surface area contributed by atoms with E-state index in [0.29, 0.717) is 6.54 Å². The van der Waals surface area contributed by atoms with Gasteiger partial charge in [-0.25, -0.2) is 0 Å². The van der Waals surface area contributed by atoms with Crippen molar-refractivity contribution in [1.29, 1.82) is 0 Å². The maximum atomic E-state index is 10.4. The maximum Gasteiger partial charge on any atom is 0.317 e. The summed E-state index contributed by atoms with van der Waals surface area (Å²) in [5, 5.41) is 18.9. The molecule has 0 aliphatic rings. The van der Waals surface area contributed by atoms with E-state index in [1.807, 2.05) is 0 Å². The molecule has 86 valence electrons. The lowest BCUT2D eigenvalue weighted by atomic mass is 10.2. The lowest BCUT2D eigenvalue weighted by Crippen LogP contribution is -2.25. The number of hydrogen-bond acceptors (Lipinski definition) is 4. The number of carboxylic acids is 1. The Bertz CT molecular complexity index is 388. The van der Waals surface area contributed by atoms with E-state index in [9.17, 15) is 14.9 Å². The number of benzene rings is 1. The summed E-state index contributed by atoms with van der Waals surface area (Å²) in [5.41, 5.74) is 0.874. The minimum atomic E-state index is -0.899. The van der Waals surface area contributed by atoms with Crippen LogP contribution in [-0.2, 0) is 11.3 Å². The van der Waals surface area contributed by atoms with Gasteiger partial charge in [-0.2, -0.15) is 0 Å².